The number of sulfone groups is 1. The summed E-state index contributed by atoms with van der Waals surface area (Å²) in [6.45, 7) is -0.0415. The van der Waals surface area contributed by atoms with Crippen LogP contribution in [0, 0.1) is 0 Å². The van der Waals surface area contributed by atoms with Crippen molar-refractivity contribution in [1.82, 2.24) is 9.80 Å². The predicted octanol–water partition coefficient (Wildman–Crippen LogP) is 2.41. The van der Waals surface area contributed by atoms with Crippen LogP contribution in [0.2, 0.25) is 5.02 Å². The van der Waals surface area contributed by atoms with E-state index in [1.54, 1.807) is 37.4 Å². The quantitative estimate of drug-likeness (QED) is 0.650. The second-order valence-electron chi connectivity index (χ2n) is 6.70. The lowest BCUT2D eigenvalue weighted by molar-refractivity contribution is -0.132. The lowest BCUT2D eigenvalue weighted by atomic mass is 10.2. The SMILES string of the molecule is CN(C(=O)CCN1C(=O)S/C(=C\c2cccc(Cl)c2)C1=O)C1CCS(=O)(=O)C1. The first-order valence-electron chi connectivity index (χ1n) is 8.63. The number of benzene rings is 1. The summed E-state index contributed by atoms with van der Waals surface area (Å²) in [4.78, 5) is 39.8. The van der Waals surface area contributed by atoms with Gasteiger partial charge < -0.3 is 4.90 Å². The summed E-state index contributed by atoms with van der Waals surface area (Å²) in [6, 6.07) is 6.56. The van der Waals surface area contributed by atoms with Crippen LogP contribution in [0.1, 0.15) is 18.4 Å². The molecular formula is C18H19ClN2O5S2. The first kappa shape index (κ1) is 20.9. The van der Waals surface area contributed by atoms with Crippen LogP contribution in [0.4, 0.5) is 4.79 Å². The molecule has 2 saturated heterocycles. The van der Waals surface area contributed by atoms with Gasteiger partial charge in [-0.25, -0.2) is 8.42 Å². The Morgan fingerprint density at radius 2 is 2.14 bits per heavy atom. The molecule has 2 heterocycles. The summed E-state index contributed by atoms with van der Waals surface area (Å²) in [6.07, 6.45) is 1.96. The number of hydrogen-bond donors (Lipinski definition) is 0. The number of carbonyl (C=O) groups excluding carboxylic acids is 3. The predicted molar refractivity (Wildman–Crippen MR) is 109 cm³/mol. The summed E-state index contributed by atoms with van der Waals surface area (Å²) in [7, 11) is -1.54. The van der Waals surface area contributed by atoms with Crippen LogP contribution in [0.15, 0.2) is 29.2 Å². The van der Waals surface area contributed by atoms with Crippen LogP contribution in [0.5, 0.6) is 0 Å². The standard InChI is InChI=1S/C18H19ClN2O5S2/c1-20(14-6-8-28(25,26)11-14)16(22)5-7-21-17(23)15(27-18(21)24)10-12-3-2-4-13(19)9-12/h2-4,9-10,14H,5-8,11H2,1H3/b15-10-. The lowest BCUT2D eigenvalue weighted by Gasteiger charge is -2.24. The third-order valence-corrected chi connectivity index (χ3v) is 7.61. The number of rotatable bonds is 5. The topological polar surface area (TPSA) is 91.8 Å². The van der Waals surface area contributed by atoms with Gasteiger partial charge in [0.15, 0.2) is 9.84 Å². The molecule has 0 spiro atoms. The van der Waals surface area contributed by atoms with Gasteiger partial charge in [0.2, 0.25) is 5.91 Å². The molecule has 1 atom stereocenters. The number of thioether (sulfide) groups is 1. The summed E-state index contributed by atoms with van der Waals surface area (Å²) in [5.41, 5.74) is 0.705. The Hall–Kier alpha value is -1.84. The number of amides is 3. The molecule has 7 nitrogen and oxygen atoms in total. The van der Waals surface area contributed by atoms with Crippen LogP contribution >= 0.6 is 23.4 Å². The number of nitrogens with zero attached hydrogens (tertiary/aromatic N) is 2. The molecule has 28 heavy (non-hydrogen) atoms. The fourth-order valence-electron chi connectivity index (χ4n) is 3.11. The van der Waals surface area contributed by atoms with E-state index in [2.05, 4.69) is 0 Å². The van der Waals surface area contributed by atoms with E-state index in [9.17, 15) is 22.8 Å². The molecule has 2 fully saturated rings. The van der Waals surface area contributed by atoms with E-state index in [1.165, 1.54) is 4.90 Å². The van der Waals surface area contributed by atoms with E-state index in [1.807, 2.05) is 0 Å². The molecule has 10 heteroatoms. The van der Waals surface area contributed by atoms with E-state index in [4.69, 9.17) is 11.6 Å². The molecule has 1 aromatic carbocycles. The maximum Gasteiger partial charge on any atom is 0.293 e. The zero-order chi connectivity index (χ0) is 20.5. The number of carbonyl (C=O) groups is 3. The molecule has 0 bridgehead atoms. The van der Waals surface area contributed by atoms with Crippen molar-refractivity contribution in [1.29, 1.82) is 0 Å². The van der Waals surface area contributed by atoms with Crippen molar-refractivity contribution < 1.29 is 22.8 Å². The van der Waals surface area contributed by atoms with Crippen LogP contribution in [-0.4, -0.2) is 66.4 Å². The minimum Gasteiger partial charge on any atom is -0.342 e. The van der Waals surface area contributed by atoms with Crippen molar-refractivity contribution in [2.75, 3.05) is 25.1 Å². The molecule has 0 N–H and O–H groups in total. The second kappa shape index (κ2) is 8.26. The zero-order valence-electron chi connectivity index (χ0n) is 15.1. The summed E-state index contributed by atoms with van der Waals surface area (Å²) >= 11 is 6.75. The highest BCUT2D eigenvalue weighted by molar-refractivity contribution is 8.18. The summed E-state index contributed by atoms with van der Waals surface area (Å²) in [5.74, 6) is -0.708. The Kier molecular flexibility index (Phi) is 6.16. The van der Waals surface area contributed by atoms with Gasteiger partial charge in [-0.1, -0.05) is 23.7 Å². The molecule has 0 saturated carbocycles. The Labute approximate surface area is 172 Å². The zero-order valence-corrected chi connectivity index (χ0v) is 17.5. The van der Waals surface area contributed by atoms with Gasteiger partial charge in [-0.05, 0) is 42.0 Å². The van der Waals surface area contributed by atoms with Gasteiger partial charge in [-0.2, -0.15) is 0 Å². The molecule has 150 valence electrons. The molecule has 2 aliphatic heterocycles. The monoisotopic (exact) mass is 442 g/mol. The molecule has 2 aliphatic rings. The fraction of sp³-hybridized carbons (Fsp3) is 0.389. The van der Waals surface area contributed by atoms with Gasteiger partial charge >= 0.3 is 0 Å². The second-order valence-corrected chi connectivity index (χ2v) is 10.4. The molecule has 3 amide bonds. The van der Waals surface area contributed by atoms with Crippen molar-refractivity contribution in [2.24, 2.45) is 0 Å². The maximum atomic E-state index is 12.5. The maximum absolute atomic E-state index is 12.5. The Morgan fingerprint density at radius 3 is 2.79 bits per heavy atom. The highest BCUT2D eigenvalue weighted by Crippen LogP contribution is 2.32. The Bertz CT molecular complexity index is 960. The fourth-order valence-corrected chi connectivity index (χ4v) is 5.95. The average Bonchev–Trinajstić information content (AvgIpc) is 3.11. The van der Waals surface area contributed by atoms with E-state index in [-0.39, 0.29) is 41.3 Å². The lowest BCUT2D eigenvalue weighted by Crippen LogP contribution is -2.40. The summed E-state index contributed by atoms with van der Waals surface area (Å²) in [5, 5.41) is 0.0905. The van der Waals surface area contributed by atoms with Crippen LogP contribution in [0.25, 0.3) is 6.08 Å². The molecule has 0 aliphatic carbocycles. The third kappa shape index (κ3) is 4.76. The van der Waals surface area contributed by atoms with Gasteiger partial charge in [0, 0.05) is 31.1 Å². The van der Waals surface area contributed by atoms with Crippen molar-refractivity contribution in [3.63, 3.8) is 0 Å². The molecule has 0 aromatic heterocycles. The van der Waals surface area contributed by atoms with Crippen molar-refractivity contribution in [3.8, 4) is 0 Å². The minimum atomic E-state index is -3.10. The highest BCUT2D eigenvalue weighted by atomic mass is 35.5. The van der Waals surface area contributed by atoms with E-state index < -0.39 is 21.0 Å². The van der Waals surface area contributed by atoms with Gasteiger partial charge in [-0.3, -0.25) is 19.3 Å². The average molecular weight is 443 g/mol. The van der Waals surface area contributed by atoms with Gasteiger partial charge in [0.1, 0.15) is 0 Å². The van der Waals surface area contributed by atoms with Crippen molar-refractivity contribution in [2.45, 2.75) is 18.9 Å². The molecule has 1 aromatic rings. The minimum absolute atomic E-state index is 0.0415. The van der Waals surface area contributed by atoms with Gasteiger partial charge in [-0.15, -0.1) is 0 Å². The Balaban J connectivity index is 1.61. The summed E-state index contributed by atoms with van der Waals surface area (Å²) < 4.78 is 23.2. The normalized spacial score (nSPS) is 22.9. The number of imide groups is 1. The van der Waals surface area contributed by atoms with Crippen molar-refractivity contribution >= 4 is 56.3 Å². The van der Waals surface area contributed by atoms with E-state index in [0.29, 0.717) is 17.0 Å². The first-order valence-corrected chi connectivity index (χ1v) is 11.6. The number of hydrogen-bond acceptors (Lipinski definition) is 6. The van der Waals surface area contributed by atoms with E-state index in [0.717, 1.165) is 16.7 Å². The molecule has 0 radical (unpaired) electrons. The third-order valence-electron chi connectivity index (χ3n) is 4.72. The molecule has 1 unspecified atom stereocenters. The van der Waals surface area contributed by atoms with Gasteiger partial charge in [0.25, 0.3) is 11.1 Å². The van der Waals surface area contributed by atoms with Crippen LogP contribution < -0.4 is 0 Å². The molecule has 3 rings (SSSR count). The largest absolute Gasteiger partial charge is 0.342 e. The highest BCUT2D eigenvalue weighted by Gasteiger charge is 2.36. The van der Waals surface area contributed by atoms with E-state index >= 15 is 0 Å². The Morgan fingerprint density at radius 1 is 1.39 bits per heavy atom. The van der Waals surface area contributed by atoms with Gasteiger partial charge in [0.05, 0.1) is 16.4 Å². The smallest absolute Gasteiger partial charge is 0.293 e. The molecular weight excluding hydrogens is 424 g/mol. The van der Waals surface area contributed by atoms with Crippen molar-refractivity contribution in [3.05, 3.63) is 39.8 Å². The number of halogens is 1. The van der Waals surface area contributed by atoms with Crippen LogP contribution in [0.3, 0.4) is 0 Å². The first-order chi connectivity index (χ1) is 13.2. The van der Waals surface area contributed by atoms with Crippen LogP contribution in [-0.2, 0) is 19.4 Å².